The van der Waals surface area contributed by atoms with Gasteiger partial charge in [0.25, 0.3) is 0 Å². The Bertz CT molecular complexity index is 779. The van der Waals surface area contributed by atoms with Gasteiger partial charge in [-0.15, -0.1) is 11.3 Å². The van der Waals surface area contributed by atoms with E-state index < -0.39 is 0 Å². The van der Waals surface area contributed by atoms with E-state index in [2.05, 4.69) is 46.5 Å². The molecule has 1 aromatic heterocycles. The smallest absolute Gasteiger partial charge is 0.227 e. The van der Waals surface area contributed by atoms with Crippen molar-refractivity contribution in [3.05, 3.63) is 35.2 Å². The van der Waals surface area contributed by atoms with Crippen LogP contribution in [0.3, 0.4) is 0 Å². The molecule has 2 aromatic rings. The molecule has 5 heteroatoms. The van der Waals surface area contributed by atoms with Crippen LogP contribution < -0.4 is 0 Å². The van der Waals surface area contributed by atoms with Gasteiger partial charge in [0.1, 0.15) is 0 Å². The highest BCUT2D eigenvalue weighted by molar-refractivity contribution is 7.17. The number of thiophene rings is 1. The molecule has 2 fully saturated rings. The Morgan fingerprint density at radius 1 is 1.31 bits per heavy atom. The molecule has 0 N–H and O–H groups in total. The van der Waals surface area contributed by atoms with Gasteiger partial charge in [0.2, 0.25) is 5.91 Å². The van der Waals surface area contributed by atoms with Gasteiger partial charge in [0.05, 0.1) is 13.0 Å². The molecule has 140 valence electrons. The van der Waals surface area contributed by atoms with Gasteiger partial charge in [-0.1, -0.05) is 18.2 Å². The maximum absolute atomic E-state index is 12.9. The summed E-state index contributed by atoms with van der Waals surface area (Å²) >= 11 is 1.73. The number of ether oxygens (including phenoxy) is 1. The van der Waals surface area contributed by atoms with E-state index in [0.29, 0.717) is 17.8 Å². The number of hydrogen-bond acceptors (Lipinski definition) is 4. The second kappa shape index (κ2) is 7.29. The predicted molar refractivity (Wildman–Crippen MR) is 107 cm³/mol. The van der Waals surface area contributed by atoms with E-state index in [1.54, 1.807) is 18.4 Å². The number of methoxy groups -OCH3 is 1. The fraction of sp³-hybridized carbons (Fsp3) is 0.571. The van der Waals surface area contributed by atoms with Crippen LogP contribution in [-0.2, 0) is 16.0 Å². The maximum Gasteiger partial charge on any atom is 0.227 e. The van der Waals surface area contributed by atoms with Gasteiger partial charge in [-0.05, 0) is 47.7 Å². The van der Waals surface area contributed by atoms with Crippen molar-refractivity contribution in [3.63, 3.8) is 0 Å². The fourth-order valence-electron chi connectivity index (χ4n) is 4.94. The number of carbonyl (C=O) groups is 1. The number of benzene rings is 1. The third kappa shape index (κ3) is 3.28. The summed E-state index contributed by atoms with van der Waals surface area (Å²) in [5.41, 5.74) is 1.50. The Balaban J connectivity index is 1.41. The lowest BCUT2D eigenvalue weighted by Gasteiger charge is -2.42. The molecule has 0 bridgehead atoms. The monoisotopic (exact) mass is 372 g/mol. The molecule has 1 unspecified atom stereocenters. The second-order valence-corrected chi connectivity index (χ2v) is 8.94. The van der Waals surface area contributed by atoms with Crippen molar-refractivity contribution < 1.29 is 9.53 Å². The number of fused-ring (bicyclic) bond motifs is 1. The Labute approximate surface area is 159 Å². The number of rotatable bonds is 4. The first-order valence-electron chi connectivity index (χ1n) is 9.52. The molecule has 1 amide bonds. The highest BCUT2D eigenvalue weighted by Crippen LogP contribution is 2.44. The summed E-state index contributed by atoms with van der Waals surface area (Å²) in [7, 11) is 4.01. The summed E-state index contributed by atoms with van der Waals surface area (Å²) in [6.45, 7) is 4.85. The highest BCUT2D eigenvalue weighted by atomic mass is 32.1. The van der Waals surface area contributed by atoms with E-state index in [9.17, 15) is 4.79 Å². The Kier molecular flexibility index (Phi) is 5.04. The zero-order valence-corrected chi connectivity index (χ0v) is 16.6. The summed E-state index contributed by atoms with van der Waals surface area (Å²) in [4.78, 5) is 17.4. The van der Waals surface area contributed by atoms with Crippen molar-refractivity contribution in [1.29, 1.82) is 0 Å². The van der Waals surface area contributed by atoms with Crippen LogP contribution in [-0.4, -0.2) is 62.7 Å². The summed E-state index contributed by atoms with van der Waals surface area (Å²) in [6, 6.07) is 8.37. The van der Waals surface area contributed by atoms with E-state index in [1.165, 1.54) is 15.6 Å². The Morgan fingerprint density at radius 3 is 2.85 bits per heavy atom. The van der Waals surface area contributed by atoms with Crippen LogP contribution >= 0.6 is 11.3 Å². The van der Waals surface area contributed by atoms with Crippen molar-refractivity contribution in [2.45, 2.75) is 19.3 Å². The molecule has 3 heterocycles. The molecule has 4 nitrogen and oxygen atoms in total. The number of likely N-dealkylation sites (tertiary alicyclic amines) is 2. The summed E-state index contributed by atoms with van der Waals surface area (Å²) in [5, 5.41) is 3.38. The zero-order valence-electron chi connectivity index (χ0n) is 15.7. The Hall–Kier alpha value is -1.43. The van der Waals surface area contributed by atoms with E-state index in [1.807, 2.05) is 0 Å². The quantitative estimate of drug-likeness (QED) is 0.826. The lowest BCUT2D eigenvalue weighted by Crippen LogP contribution is -2.47. The van der Waals surface area contributed by atoms with Crippen LogP contribution in [0.15, 0.2) is 29.6 Å². The predicted octanol–water partition coefficient (Wildman–Crippen LogP) is 3.26. The van der Waals surface area contributed by atoms with Crippen LogP contribution in [0.1, 0.15) is 18.4 Å². The molecular formula is C21H28N2O2S. The van der Waals surface area contributed by atoms with Crippen LogP contribution in [0, 0.1) is 11.3 Å². The molecular weight excluding hydrogens is 344 g/mol. The van der Waals surface area contributed by atoms with Gasteiger partial charge in [0, 0.05) is 43.9 Å². The number of nitrogens with zero attached hydrogens (tertiary/aromatic N) is 2. The van der Waals surface area contributed by atoms with Crippen molar-refractivity contribution >= 4 is 27.3 Å². The van der Waals surface area contributed by atoms with Gasteiger partial charge >= 0.3 is 0 Å². The summed E-state index contributed by atoms with van der Waals surface area (Å²) in [5.74, 6) is 0.869. The number of piperidine rings is 1. The number of hydrogen-bond donors (Lipinski definition) is 0. The Morgan fingerprint density at radius 2 is 2.08 bits per heavy atom. The van der Waals surface area contributed by atoms with Crippen molar-refractivity contribution in [1.82, 2.24) is 9.80 Å². The third-order valence-electron chi connectivity index (χ3n) is 6.37. The zero-order chi connectivity index (χ0) is 18.1. The van der Waals surface area contributed by atoms with Gasteiger partial charge in [-0.2, -0.15) is 0 Å². The minimum Gasteiger partial charge on any atom is -0.384 e. The summed E-state index contributed by atoms with van der Waals surface area (Å²) < 4.78 is 6.75. The lowest BCUT2D eigenvalue weighted by atomic mass is 9.71. The maximum atomic E-state index is 12.9. The van der Waals surface area contributed by atoms with Crippen LogP contribution in [0.25, 0.3) is 10.1 Å². The van der Waals surface area contributed by atoms with Crippen LogP contribution in [0.5, 0.6) is 0 Å². The normalized spacial score (nSPS) is 23.2. The molecule has 0 saturated carbocycles. The average Bonchev–Trinajstić information content (AvgIpc) is 3.17. The van der Waals surface area contributed by atoms with Gasteiger partial charge in [-0.25, -0.2) is 0 Å². The van der Waals surface area contributed by atoms with E-state index >= 15 is 0 Å². The molecule has 2 aliphatic rings. The van der Waals surface area contributed by atoms with Crippen molar-refractivity contribution in [2.75, 3.05) is 46.9 Å². The number of carbonyl (C=O) groups excluding carboxylic acids is 1. The van der Waals surface area contributed by atoms with Crippen LogP contribution in [0.2, 0.25) is 0 Å². The molecule has 1 aromatic carbocycles. The summed E-state index contributed by atoms with van der Waals surface area (Å²) in [6.07, 6.45) is 2.72. The lowest BCUT2D eigenvalue weighted by molar-refractivity contribution is -0.133. The fourth-order valence-corrected chi connectivity index (χ4v) is 5.91. The first kappa shape index (κ1) is 18.0. The minimum absolute atomic E-state index is 0.276. The molecule has 0 radical (unpaired) electrons. The minimum atomic E-state index is 0.276. The molecule has 1 atom stereocenters. The van der Waals surface area contributed by atoms with Gasteiger partial charge in [0.15, 0.2) is 0 Å². The second-order valence-electron chi connectivity index (χ2n) is 8.03. The molecule has 0 aliphatic carbocycles. The first-order chi connectivity index (χ1) is 12.6. The number of amides is 1. The SMILES string of the molecule is COCC1CN(C)CC12CCN(C(=O)Cc1csc3ccccc13)CC2. The molecule has 2 aliphatic heterocycles. The third-order valence-corrected chi connectivity index (χ3v) is 7.38. The van der Waals surface area contributed by atoms with Crippen molar-refractivity contribution in [2.24, 2.45) is 11.3 Å². The van der Waals surface area contributed by atoms with E-state index in [0.717, 1.165) is 45.6 Å². The van der Waals surface area contributed by atoms with Crippen molar-refractivity contribution in [3.8, 4) is 0 Å². The van der Waals surface area contributed by atoms with Gasteiger partial charge in [-0.3, -0.25) is 4.79 Å². The topological polar surface area (TPSA) is 32.8 Å². The van der Waals surface area contributed by atoms with E-state index in [-0.39, 0.29) is 5.91 Å². The molecule has 1 spiro atoms. The standard InChI is InChI=1S/C21H28N2O2S/c1-22-12-17(13-25-2)21(15-22)7-9-23(10-8-21)20(24)11-16-14-26-19-6-4-3-5-18(16)19/h3-6,14,17H,7-13,15H2,1-2H3. The molecule has 2 saturated heterocycles. The van der Waals surface area contributed by atoms with E-state index in [4.69, 9.17) is 4.74 Å². The average molecular weight is 373 g/mol. The molecule has 26 heavy (non-hydrogen) atoms. The van der Waals surface area contributed by atoms with Gasteiger partial charge < -0.3 is 14.5 Å². The van der Waals surface area contributed by atoms with Crippen LogP contribution in [0.4, 0.5) is 0 Å². The highest BCUT2D eigenvalue weighted by Gasteiger charge is 2.47. The first-order valence-corrected chi connectivity index (χ1v) is 10.4. The molecule has 4 rings (SSSR count). The largest absolute Gasteiger partial charge is 0.384 e.